The van der Waals surface area contributed by atoms with E-state index in [9.17, 15) is 0 Å². The normalized spacial score (nSPS) is 19.0. The lowest BCUT2D eigenvalue weighted by molar-refractivity contribution is 0.0305. The molecule has 33 heavy (non-hydrogen) atoms. The van der Waals surface area contributed by atoms with Gasteiger partial charge in [-0.1, -0.05) is 0 Å². The minimum absolute atomic E-state index is 0.281. The number of benzene rings is 1. The summed E-state index contributed by atoms with van der Waals surface area (Å²) >= 11 is 1.81. The van der Waals surface area contributed by atoms with E-state index in [4.69, 9.17) is 13.9 Å². The molecule has 6 bridgehead atoms. The van der Waals surface area contributed by atoms with E-state index in [1.54, 1.807) is 6.20 Å². The lowest BCUT2D eigenvalue weighted by Crippen LogP contribution is -2.37. The van der Waals surface area contributed by atoms with Gasteiger partial charge in [-0.3, -0.25) is 0 Å². The summed E-state index contributed by atoms with van der Waals surface area (Å²) in [5.41, 5.74) is 3.96. The predicted octanol–water partition coefficient (Wildman–Crippen LogP) is 4.79. The summed E-state index contributed by atoms with van der Waals surface area (Å²) in [5.74, 6) is 1.53. The summed E-state index contributed by atoms with van der Waals surface area (Å²) in [6.45, 7) is 3.11. The van der Waals surface area contributed by atoms with Crippen molar-refractivity contribution in [3.8, 4) is 28.8 Å². The summed E-state index contributed by atoms with van der Waals surface area (Å²) < 4.78 is 21.6. The Hall–Kier alpha value is -2.78. The van der Waals surface area contributed by atoms with Gasteiger partial charge in [-0.05, 0) is 61.9 Å². The zero-order chi connectivity index (χ0) is 22.0. The number of ether oxygens (including phenoxy) is 2. The third kappa shape index (κ3) is 4.79. The Kier molecular flexibility index (Phi) is 5.82. The molecule has 2 aromatic heterocycles. The highest BCUT2D eigenvalue weighted by atomic mass is 32.2. The van der Waals surface area contributed by atoms with Crippen LogP contribution in [0.1, 0.15) is 32.1 Å². The highest BCUT2D eigenvalue weighted by Crippen LogP contribution is 2.39. The Morgan fingerprint density at radius 2 is 1.85 bits per heavy atom. The smallest absolute Gasteiger partial charge is 0.250 e. The quantitative estimate of drug-likeness (QED) is 0.549. The molecule has 5 heterocycles. The molecule has 0 radical (unpaired) electrons. The number of hydrogen-bond acceptors (Lipinski definition) is 9. The highest BCUT2D eigenvalue weighted by Gasteiger charge is 2.26. The fourth-order valence-corrected chi connectivity index (χ4v) is 5.00. The minimum Gasteiger partial charge on any atom is -0.478 e. The summed E-state index contributed by atoms with van der Waals surface area (Å²) in [5, 5.41) is 9.45. The van der Waals surface area contributed by atoms with Crippen molar-refractivity contribution in [3.05, 3.63) is 36.5 Å². The van der Waals surface area contributed by atoms with Crippen LogP contribution in [0.4, 0.5) is 11.4 Å². The van der Waals surface area contributed by atoms with Crippen molar-refractivity contribution < 1.29 is 13.9 Å². The van der Waals surface area contributed by atoms with E-state index in [2.05, 4.69) is 43.0 Å². The highest BCUT2D eigenvalue weighted by molar-refractivity contribution is 8.01. The van der Waals surface area contributed by atoms with Gasteiger partial charge in [-0.2, -0.15) is 0 Å². The average molecular weight is 466 g/mol. The van der Waals surface area contributed by atoms with E-state index in [0.717, 1.165) is 60.1 Å². The predicted molar refractivity (Wildman–Crippen MR) is 128 cm³/mol. The largest absolute Gasteiger partial charge is 0.478 e. The van der Waals surface area contributed by atoms with Crippen LogP contribution in [0.3, 0.4) is 0 Å². The van der Waals surface area contributed by atoms with Gasteiger partial charge in [0.25, 0.3) is 0 Å². The molecule has 1 saturated carbocycles. The van der Waals surface area contributed by atoms with Gasteiger partial charge in [0.2, 0.25) is 17.7 Å². The average Bonchev–Trinajstić information content (AvgIpc) is 3.56. The summed E-state index contributed by atoms with van der Waals surface area (Å²) in [4.78, 5) is 6.72. The van der Waals surface area contributed by atoms with Gasteiger partial charge in [-0.25, -0.2) is 4.98 Å². The topological polar surface area (TPSA) is 85.5 Å². The maximum atomic E-state index is 6.15. The number of pyridine rings is 1. The van der Waals surface area contributed by atoms with Crippen LogP contribution in [0.5, 0.6) is 5.88 Å². The number of rotatable bonds is 3. The van der Waals surface area contributed by atoms with Gasteiger partial charge >= 0.3 is 0 Å². The van der Waals surface area contributed by atoms with Gasteiger partial charge in [0.05, 0.1) is 30.6 Å². The van der Waals surface area contributed by atoms with Gasteiger partial charge in [0, 0.05) is 48.3 Å². The molecule has 172 valence electrons. The minimum atomic E-state index is 0.281. The van der Waals surface area contributed by atoms with Crippen LogP contribution in [-0.4, -0.2) is 52.8 Å². The first kappa shape index (κ1) is 20.8. The van der Waals surface area contributed by atoms with E-state index in [1.807, 2.05) is 24.1 Å². The monoisotopic (exact) mass is 465 g/mol. The second-order valence-corrected chi connectivity index (χ2v) is 9.81. The van der Waals surface area contributed by atoms with E-state index < -0.39 is 0 Å². The molecular weight excluding hydrogens is 438 g/mol. The van der Waals surface area contributed by atoms with Crippen molar-refractivity contribution in [2.75, 3.05) is 35.9 Å². The van der Waals surface area contributed by atoms with Crippen molar-refractivity contribution >= 4 is 23.3 Å². The maximum absolute atomic E-state index is 6.15. The van der Waals surface area contributed by atoms with Crippen LogP contribution in [0.2, 0.25) is 0 Å². The Morgan fingerprint density at radius 1 is 0.970 bits per heavy atom. The first-order valence-corrected chi connectivity index (χ1v) is 12.6. The fraction of sp³-hybridized carbons (Fsp3) is 0.458. The molecule has 1 saturated heterocycles. The Labute approximate surface area is 197 Å². The molecule has 2 fully saturated rings. The number of fused-ring (bicyclic) bond motifs is 6. The molecule has 0 amide bonds. The molecular formula is C24H27N5O3S. The summed E-state index contributed by atoms with van der Waals surface area (Å²) in [6.07, 6.45) is 7.38. The first-order valence-electron chi connectivity index (χ1n) is 11.7. The molecule has 0 unspecified atom stereocenters. The number of nitrogens with one attached hydrogen (secondary N) is 1. The second-order valence-electron chi connectivity index (χ2n) is 8.71. The van der Waals surface area contributed by atoms with Gasteiger partial charge in [-0.15, -0.1) is 10.2 Å². The molecule has 1 N–H and O–H groups in total. The van der Waals surface area contributed by atoms with Crippen molar-refractivity contribution in [2.45, 2.75) is 43.5 Å². The molecule has 8 nitrogen and oxygen atoms in total. The van der Waals surface area contributed by atoms with Crippen LogP contribution < -0.4 is 14.4 Å². The molecule has 1 aromatic carbocycles. The lowest BCUT2D eigenvalue weighted by atomic mass is 10.0. The molecule has 9 heteroatoms. The molecule has 4 aliphatic rings. The van der Waals surface area contributed by atoms with Crippen LogP contribution in [-0.2, 0) is 4.74 Å². The SMILES string of the molecule is c1cc2cc(n1)OCCCOC1CCN(CC1)c1cc(NSC3CC3)ccc1-c1nnc-2o1. The summed E-state index contributed by atoms with van der Waals surface area (Å²) in [7, 11) is 0. The fourth-order valence-electron chi connectivity index (χ4n) is 4.19. The molecule has 3 aliphatic heterocycles. The number of nitrogens with zero attached hydrogens (tertiary/aromatic N) is 4. The van der Waals surface area contributed by atoms with E-state index in [1.165, 1.54) is 12.8 Å². The number of piperidine rings is 1. The zero-order valence-corrected chi connectivity index (χ0v) is 19.2. The lowest BCUT2D eigenvalue weighted by Gasteiger charge is -2.34. The molecule has 0 atom stereocenters. The zero-order valence-electron chi connectivity index (χ0n) is 18.4. The van der Waals surface area contributed by atoms with Crippen LogP contribution >= 0.6 is 11.9 Å². The van der Waals surface area contributed by atoms with Crippen molar-refractivity contribution in [2.24, 2.45) is 0 Å². The van der Waals surface area contributed by atoms with Crippen LogP contribution in [0, 0.1) is 0 Å². The summed E-state index contributed by atoms with van der Waals surface area (Å²) in [6, 6.07) is 10.1. The van der Waals surface area contributed by atoms with Crippen LogP contribution in [0.25, 0.3) is 22.9 Å². The van der Waals surface area contributed by atoms with Crippen molar-refractivity contribution in [1.29, 1.82) is 0 Å². The molecule has 0 spiro atoms. The van der Waals surface area contributed by atoms with Crippen molar-refractivity contribution in [1.82, 2.24) is 15.2 Å². The first-order chi connectivity index (χ1) is 16.3. The molecule has 3 aromatic rings. The van der Waals surface area contributed by atoms with Gasteiger partial charge in [0.15, 0.2) is 0 Å². The van der Waals surface area contributed by atoms with E-state index >= 15 is 0 Å². The van der Waals surface area contributed by atoms with Crippen molar-refractivity contribution in [3.63, 3.8) is 0 Å². The number of anilines is 2. The Balaban J connectivity index is 1.36. The maximum Gasteiger partial charge on any atom is 0.250 e. The Bertz CT molecular complexity index is 1110. The molecule has 7 rings (SSSR count). The third-order valence-electron chi connectivity index (χ3n) is 6.18. The van der Waals surface area contributed by atoms with Gasteiger partial charge in [0.1, 0.15) is 0 Å². The standard InChI is InChI=1S/C24H27N5O3S/c1-12-30-18-7-10-29(11-8-18)21-15-17(28-33-19-3-4-19)2-5-20(21)24-27-26-23(32-24)16-6-9-25-22(14-16)31-13-1/h2,5-6,9,14-15,18-19,28H,1,3-4,7-8,10-13H2. The number of aromatic nitrogens is 3. The van der Waals surface area contributed by atoms with Gasteiger partial charge < -0.3 is 23.5 Å². The molecule has 1 aliphatic carbocycles. The number of hydrogen-bond donors (Lipinski definition) is 1. The second kappa shape index (κ2) is 9.23. The van der Waals surface area contributed by atoms with E-state index in [0.29, 0.717) is 30.9 Å². The van der Waals surface area contributed by atoms with E-state index in [-0.39, 0.29) is 6.10 Å². The van der Waals surface area contributed by atoms with Crippen LogP contribution in [0.15, 0.2) is 40.9 Å². The third-order valence-corrected chi connectivity index (χ3v) is 7.34. The Morgan fingerprint density at radius 3 is 2.73 bits per heavy atom.